The van der Waals surface area contributed by atoms with Crippen LogP contribution < -0.4 is 5.32 Å². The zero-order chi connectivity index (χ0) is 10.6. The number of hydrogen-bond acceptors (Lipinski definition) is 1. The van der Waals surface area contributed by atoms with E-state index < -0.39 is 0 Å². The Kier molecular flexibility index (Phi) is 4.94. The normalized spacial score (nSPS) is 30.9. The predicted molar refractivity (Wildman–Crippen MR) is 63.5 cm³/mol. The van der Waals surface area contributed by atoms with Gasteiger partial charge >= 0.3 is 0 Å². The molecule has 0 radical (unpaired) electrons. The van der Waals surface area contributed by atoms with Crippen molar-refractivity contribution >= 4 is 0 Å². The molecule has 0 amide bonds. The Morgan fingerprint density at radius 3 is 2.36 bits per heavy atom. The quantitative estimate of drug-likeness (QED) is 0.686. The van der Waals surface area contributed by atoms with E-state index in [4.69, 9.17) is 0 Å². The molecule has 1 saturated carbocycles. The highest BCUT2D eigenvalue weighted by Crippen LogP contribution is 2.28. The molecule has 84 valence electrons. The fourth-order valence-electron chi connectivity index (χ4n) is 2.68. The van der Waals surface area contributed by atoms with Gasteiger partial charge in [-0.15, -0.1) is 0 Å². The second-order valence-electron chi connectivity index (χ2n) is 5.22. The first-order valence-corrected chi connectivity index (χ1v) is 6.43. The summed E-state index contributed by atoms with van der Waals surface area (Å²) in [4.78, 5) is 0. The van der Waals surface area contributed by atoms with Gasteiger partial charge in [-0.1, -0.05) is 34.1 Å². The molecule has 2 atom stereocenters. The maximum Gasteiger partial charge on any atom is 0.00926 e. The Balaban J connectivity index is 2.24. The standard InChI is InChI=1S/C13H27N/c1-5-7-11(4)13(6-2)14-12-8-10(3)9-12/h10-14H,5-9H2,1-4H3. The molecule has 0 saturated heterocycles. The van der Waals surface area contributed by atoms with Gasteiger partial charge in [-0.3, -0.25) is 0 Å². The van der Waals surface area contributed by atoms with Crippen molar-refractivity contribution in [3.8, 4) is 0 Å². The summed E-state index contributed by atoms with van der Waals surface area (Å²) in [7, 11) is 0. The summed E-state index contributed by atoms with van der Waals surface area (Å²) < 4.78 is 0. The van der Waals surface area contributed by atoms with Gasteiger partial charge in [0.25, 0.3) is 0 Å². The molecule has 0 bridgehead atoms. The summed E-state index contributed by atoms with van der Waals surface area (Å²) in [5.74, 6) is 1.81. The topological polar surface area (TPSA) is 12.0 Å². The van der Waals surface area contributed by atoms with E-state index in [2.05, 4.69) is 33.0 Å². The van der Waals surface area contributed by atoms with Gasteiger partial charge in [0.15, 0.2) is 0 Å². The molecule has 1 heteroatoms. The predicted octanol–water partition coefficient (Wildman–Crippen LogP) is 3.59. The molecule has 1 rings (SSSR count). The molecule has 0 heterocycles. The lowest BCUT2D eigenvalue weighted by atomic mass is 9.80. The largest absolute Gasteiger partial charge is 0.311 e. The molecule has 0 aromatic carbocycles. The van der Waals surface area contributed by atoms with E-state index in [9.17, 15) is 0 Å². The Labute approximate surface area is 89.7 Å². The highest BCUT2D eigenvalue weighted by molar-refractivity contribution is 4.86. The second-order valence-corrected chi connectivity index (χ2v) is 5.22. The molecule has 1 fully saturated rings. The molecule has 1 N–H and O–H groups in total. The Bertz CT molecular complexity index is 149. The first-order chi connectivity index (χ1) is 6.67. The van der Waals surface area contributed by atoms with Gasteiger partial charge in [0.1, 0.15) is 0 Å². The van der Waals surface area contributed by atoms with E-state index >= 15 is 0 Å². The number of hydrogen-bond donors (Lipinski definition) is 1. The molecular weight excluding hydrogens is 170 g/mol. The SMILES string of the molecule is CCCC(C)C(CC)NC1CC(C)C1. The molecule has 0 aliphatic heterocycles. The van der Waals surface area contributed by atoms with Crippen LogP contribution in [0.5, 0.6) is 0 Å². The van der Waals surface area contributed by atoms with E-state index in [0.717, 1.165) is 23.9 Å². The van der Waals surface area contributed by atoms with Crippen LogP contribution in [-0.2, 0) is 0 Å². The van der Waals surface area contributed by atoms with Crippen molar-refractivity contribution in [1.29, 1.82) is 0 Å². The molecule has 0 aromatic heterocycles. The van der Waals surface area contributed by atoms with Crippen LogP contribution in [0, 0.1) is 11.8 Å². The second kappa shape index (κ2) is 5.75. The fraction of sp³-hybridized carbons (Fsp3) is 1.00. The van der Waals surface area contributed by atoms with E-state index in [0.29, 0.717) is 0 Å². The molecule has 14 heavy (non-hydrogen) atoms. The lowest BCUT2D eigenvalue weighted by Gasteiger charge is -2.38. The Morgan fingerprint density at radius 2 is 1.93 bits per heavy atom. The molecule has 2 unspecified atom stereocenters. The summed E-state index contributed by atoms with van der Waals surface area (Å²) in [6.07, 6.45) is 6.77. The lowest BCUT2D eigenvalue weighted by molar-refractivity contribution is 0.195. The molecular formula is C13H27N. The van der Waals surface area contributed by atoms with Gasteiger partial charge in [0, 0.05) is 12.1 Å². The van der Waals surface area contributed by atoms with Crippen LogP contribution in [0.4, 0.5) is 0 Å². The van der Waals surface area contributed by atoms with Gasteiger partial charge < -0.3 is 5.32 Å². The van der Waals surface area contributed by atoms with Crippen LogP contribution in [0.3, 0.4) is 0 Å². The molecule has 1 nitrogen and oxygen atoms in total. The monoisotopic (exact) mass is 197 g/mol. The van der Waals surface area contributed by atoms with E-state index in [1.165, 1.54) is 32.1 Å². The minimum atomic E-state index is 0.757. The van der Waals surface area contributed by atoms with Crippen molar-refractivity contribution in [2.45, 2.75) is 71.9 Å². The summed E-state index contributed by atoms with van der Waals surface area (Å²) in [6, 6.07) is 1.58. The number of rotatable bonds is 6. The number of nitrogens with one attached hydrogen (secondary N) is 1. The molecule has 0 aromatic rings. The van der Waals surface area contributed by atoms with Crippen LogP contribution in [0.15, 0.2) is 0 Å². The maximum absolute atomic E-state index is 3.82. The van der Waals surface area contributed by atoms with Gasteiger partial charge in [-0.2, -0.15) is 0 Å². The zero-order valence-electron chi connectivity index (χ0n) is 10.3. The summed E-state index contributed by atoms with van der Waals surface area (Å²) >= 11 is 0. The van der Waals surface area contributed by atoms with Crippen molar-refractivity contribution < 1.29 is 0 Å². The first kappa shape index (κ1) is 12.0. The van der Waals surface area contributed by atoms with Crippen LogP contribution in [0.25, 0.3) is 0 Å². The van der Waals surface area contributed by atoms with Crippen LogP contribution in [0.2, 0.25) is 0 Å². The zero-order valence-corrected chi connectivity index (χ0v) is 10.3. The third-order valence-corrected chi connectivity index (χ3v) is 3.69. The smallest absolute Gasteiger partial charge is 0.00926 e. The fourth-order valence-corrected chi connectivity index (χ4v) is 2.68. The maximum atomic E-state index is 3.82. The average Bonchev–Trinajstić information content (AvgIpc) is 2.10. The first-order valence-electron chi connectivity index (χ1n) is 6.43. The van der Waals surface area contributed by atoms with Crippen molar-refractivity contribution in [3.05, 3.63) is 0 Å². The van der Waals surface area contributed by atoms with Crippen molar-refractivity contribution in [2.75, 3.05) is 0 Å². The summed E-state index contributed by atoms with van der Waals surface area (Å²) in [5, 5.41) is 3.82. The van der Waals surface area contributed by atoms with Crippen LogP contribution >= 0.6 is 0 Å². The van der Waals surface area contributed by atoms with Crippen LogP contribution in [0.1, 0.15) is 59.8 Å². The lowest BCUT2D eigenvalue weighted by Crippen LogP contribution is -2.47. The molecule has 1 aliphatic rings. The molecule has 0 spiro atoms. The van der Waals surface area contributed by atoms with Crippen LogP contribution in [-0.4, -0.2) is 12.1 Å². The van der Waals surface area contributed by atoms with Crippen molar-refractivity contribution in [1.82, 2.24) is 5.32 Å². The van der Waals surface area contributed by atoms with E-state index in [-0.39, 0.29) is 0 Å². The minimum absolute atomic E-state index is 0.757. The summed E-state index contributed by atoms with van der Waals surface area (Å²) in [6.45, 7) is 9.35. The average molecular weight is 197 g/mol. The third-order valence-electron chi connectivity index (χ3n) is 3.69. The van der Waals surface area contributed by atoms with Crippen molar-refractivity contribution in [3.63, 3.8) is 0 Å². The van der Waals surface area contributed by atoms with E-state index in [1.54, 1.807) is 0 Å². The highest BCUT2D eigenvalue weighted by Gasteiger charge is 2.28. The minimum Gasteiger partial charge on any atom is -0.311 e. The summed E-state index contributed by atoms with van der Waals surface area (Å²) in [5.41, 5.74) is 0. The van der Waals surface area contributed by atoms with Gasteiger partial charge in [-0.25, -0.2) is 0 Å². The highest BCUT2D eigenvalue weighted by atomic mass is 15.0. The Hall–Kier alpha value is -0.0400. The van der Waals surface area contributed by atoms with Gasteiger partial charge in [0.05, 0.1) is 0 Å². The van der Waals surface area contributed by atoms with E-state index in [1.807, 2.05) is 0 Å². The third kappa shape index (κ3) is 3.27. The van der Waals surface area contributed by atoms with Gasteiger partial charge in [0.2, 0.25) is 0 Å². The molecule has 1 aliphatic carbocycles. The van der Waals surface area contributed by atoms with Gasteiger partial charge in [-0.05, 0) is 37.5 Å². The Morgan fingerprint density at radius 1 is 1.29 bits per heavy atom. The van der Waals surface area contributed by atoms with Crippen molar-refractivity contribution in [2.24, 2.45) is 11.8 Å².